The van der Waals surface area contributed by atoms with Gasteiger partial charge in [-0.3, -0.25) is 4.79 Å². The van der Waals surface area contributed by atoms with Gasteiger partial charge < -0.3 is 5.32 Å². The van der Waals surface area contributed by atoms with Crippen molar-refractivity contribution < 1.29 is 4.79 Å². The molecule has 0 bridgehead atoms. The number of carbonyl (C=O) groups excluding carboxylic acids is 1. The normalized spacial score (nSPS) is 12.5. The Kier molecular flexibility index (Phi) is 6.00. The van der Waals surface area contributed by atoms with Gasteiger partial charge in [0.2, 0.25) is 0 Å². The summed E-state index contributed by atoms with van der Waals surface area (Å²) >= 11 is 9.08. The molecular weight excluding hydrogens is 302 g/mol. The highest BCUT2D eigenvalue weighted by Crippen LogP contribution is 2.12. The molecule has 0 fully saturated rings. The molecule has 0 aliphatic carbocycles. The van der Waals surface area contributed by atoms with E-state index in [-0.39, 0.29) is 11.9 Å². The van der Waals surface area contributed by atoms with Crippen LogP contribution in [0.2, 0.25) is 0 Å². The van der Waals surface area contributed by atoms with Gasteiger partial charge in [-0.25, -0.2) is 0 Å². The molecule has 4 heteroatoms. The van der Waals surface area contributed by atoms with E-state index in [1.54, 1.807) is 12.1 Å². The Hall–Kier alpha value is -0.540. The Morgan fingerprint density at radius 2 is 1.94 bits per heavy atom. The molecule has 0 saturated carbocycles. The molecular formula is C13H17BrClNO. The van der Waals surface area contributed by atoms with Crippen LogP contribution >= 0.6 is 27.5 Å². The van der Waals surface area contributed by atoms with E-state index in [1.165, 1.54) is 0 Å². The fraction of sp³-hybridized carbons (Fsp3) is 0.462. The highest BCUT2D eigenvalue weighted by atomic mass is 79.9. The van der Waals surface area contributed by atoms with Crippen molar-refractivity contribution in [3.63, 3.8) is 0 Å². The maximum absolute atomic E-state index is 12.0. The third-order valence-corrected chi connectivity index (χ3v) is 3.39. The van der Waals surface area contributed by atoms with Crippen molar-refractivity contribution in [3.05, 3.63) is 34.3 Å². The average molecular weight is 319 g/mol. The molecule has 94 valence electrons. The quantitative estimate of drug-likeness (QED) is 0.821. The van der Waals surface area contributed by atoms with Crippen LogP contribution in [0.3, 0.4) is 0 Å². The number of hydrogen-bond donors (Lipinski definition) is 1. The number of rotatable bonds is 5. The van der Waals surface area contributed by atoms with E-state index in [4.69, 9.17) is 11.6 Å². The molecule has 0 aliphatic rings. The molecule has 1 unspecified atom stereocenters. The molecule has 1 rings (SSSR count). The van der Waals surface area contributed by atoms with Gasteiger partial charge in [0.1, 0.15) is 0 Å². The third-order valence-electron chi connectivity index (χ3n) is 2.65. The molecule has 1 atom stereocenters. The first-order valence-electron chi connectivity index (χ1n) is 5.67. The summed E-state index contributed by atoms with van der Waals surface area (Å²) in [6.45, 7) is 4.16. The minimum Gasteiger partial charge on any atom is -0.349 e. The molecule has 0 spiro atoms. The molecule has 0 heterocycles. The first kappa shape index (κ1) is 14.5. The zero-order chi connectivity index (χ0) is 12.8. The van der Waals surface area contributed by atoms with Crippen molar-refractivity contribution in [2.75, 3.05) is 5.88 Å². The van der Waals surface area contributed by atoms with Gasteiger partial charge in [0.15, 0.2) is 0 Å². The van der Waals surface area contributed by atoms with Gasteiger partial charge in [-0.2, -0.15) is 0 Å². The van der Waals surface area contributed by atoms with Crippen LogP contribution in [0.25, 0.3) is 0 Å². The van der Waals surface area contributed by atoms with Gasteiger partial charge in [0.05, 0.1) is 0 Å². The van der Waals surface area contributed by atoms with Crippen molar-refractivity contribution in [1.82, 2.24) is 5.32 Å². The number of alkyl halides is 1. The van der Waals surface area contributed by atoms with Crippen LogP contribution in [0.4, 0.5) is 0 Å². The Labute approximate surface area is 116 Å². The second kappa shape index (κ2) is 7.02. The summed E-state index contributed by atoms with van der Waals surface area (Å²) in [6, 6.07) is 7.46. The summed E-state index contributed by atoms with van der Waals surface area (Å²) in [5.41, 5.74) is 0.674. The van der Waals surface area contributed by atoms with Gasteiger partial charge in [-0.1, -0.05) is 29.8 Å². The van der Waals surface area contributed by atoms with Crippen molar-refractivity contribution in [2.45, 2.75) is 26.3 Å². The van der Waals surface area contributed by atoms with E-state index in [9.17, 15) is 4.79 Å². The van der Waals surface area contributed by atoms with Gasteiger partial charge in [-0.15, -0.1) is 11.6 Å². The average Bonchev–Trinajstić information content (AvgIpc) is 2.29. The Bertz CT molecular complexity index is 364. The lowest BCUT2D eigenvalue weighted by atomic mass is 10.0. The van der Waals surface area contributed by atoms with E-state index in [0.29, 0.717) is 17.4 Å². The maximum atomic E-state index is 12.0. The highest BCUT2D eigenvalue weighted by Gasteiger charge is 2.16. The smallest absolute Gasteiger partial charge is 0.251 e. The van der Waals surface area contributed by atoms with Crippen LogP contribution in [0.15, 0.2) is 28.7 Å². The standard InChI is InChI=1S/C13H17BrClNO/c1-9(2)12(7-8-15)16-13(17)10-3-5-11(14)6-4-10/h3-6,9,12H,7-8H2,1-2H3,(H,16,17). The first-order chi connectivity index (χ1) is 8.04. The second-order valence-corrected chi connectivity index (χ2v) is 5.60. The van der Waals surface area contributed by atoms with Gasteiger partial charge in [0, 0.05) is 22.0 Å². The molecule has 2 nitrogen and oxygen atoms in total. The Morgan fingerprint density at radius 3 is 2.41 bits per heavy atom. The van der Waals surface area contributed by atoms with E-state index in [2.05, 4.69) is 35.1 Å². The number of halogens is 2. The van der Waals surface area contributed by atoms with Crippen molar-refractivity contribution >= 4 is 33.4 Å². The fourth-order valence-corrected chi connectivity index (χ4v) is 2.04. The Balaban J connectivity index is 2.66. The van der Waals surface area contributed by atoms with Crippen molar-refractivity contribution in [3.8, 4) is 0 Å². The number of benzene rings is 1. The summed E-state index contributed by atoms with van der Waals surface area (Å²) in [6.07, 6.45) is 0.793. The largest absolute Gasteiger partial charge is 0.349 e. The molecule has 1 N–H and O–H groups in total. The Morgan fingerprint density at radius 1 is 1.35 bits per heavy atom. The summed E-state index contributed by atoms with van der Waals surface area (Å²) in [5.74, 6) is 0.901. The molecule has 17 heavy (non-hydrogen) atoms. The van der Waals surface area contributed by atoms with Crippen LogP contribution < -0.4 is 5.32 Å². The molecule has 0 radical (unpaired) electrons. The second-order valence-electron chi connectivity index (χ2n) is 4.31. The molecule has 0 saturated heterocycles. The van der Waals surface area contributed by atoms with Crippen molar-refractivity contribution in [2.24, 2.45) is 5.92 Å². The maximum Gasteiger partial charge on any atom is 0.251 e. The minimum atomic E-state index is -0.0404. The fourth-order valence-electron chi connectivity index (χ4n) is 1.54. The van der Waals surface area contributed by atoms with E-state index >= 15 is 0 Å². The van der Waals surface area contributed by atoms with Crippen LogP contribution in [-0.2, 0) is 0 Å². The number of amides is 1. The van der Waals surface area contributed by atoms with Crippen molar-refractivity contribution in [1.29, 1.82) is 0 Å². The summed E-state index contributed by atoms with van der Waals surface area (Å²) in [5, 5.41) is 3.01. The predicted octanol–water partition coefficient (Wildman–Crippen LogP) is 3.83. The SMILES string of the molecule is CC(C)C(CCCl)NC(=O)c1ccc(Br)cc1. The molecule has 1 aromatic carbocycles. The van der Waals surface area contributed by atoms with Gasteiger partial charge >= 0.3 is 0 Å². The van der Waals surface area contributed by atoms with Crippen LogP contribution in [0.5, 0.6) is 0 Å². The molecule has 0 aromatic heterocycles. The zero-order valence-corrected chi connectivity index (χ0v) is 12.4. The monoisotopic (exact) mass is 317 g/mol. The van der Waals surface area contributed by atoms with Crippen LogP contribution in [-0.4, -0.2) is 17.8 Å². The lowest BCUT2D eigenvalue weighted by Crippen LogP contribution is -2.38. The summed E-state index contributed by atoms with van der Waals surface area (Å²) in [4.78, 5) is 12.0. The van der Waals surface area contributed by atoms with Crippen LogP contribution in [0.1, 0.15) is 30.6 Å². The first-order valence-corrected chi connectivity index (χ1v) is 6.99. The minimum absolute atomic E-state index is 0.0404. The van der Waals surface area contributed by atoms with E-state index in [1.807, 2.05) is 12.1 Å². The predicted molar refractivity (Wildman–Crippen MR) is 75.6 cm³/mol. The van der Waals surface area contributed by atoms with Gasteiger partial charge in [0.25, 0.3) is 5.91 Å². The van der Waals surface area contributed by atoms with E-state index in [0.717, 1.165) is 10.9 Å². The van der Waals surface area contributed by atoms with E-state index < -0.39 is 0 Å². The van der Waals surface area contributed by atoms with Gasteiger partial charge in [-0.05, 0) is 36.6 Å². The molecule has 1 amide bonds. The lowest BCUT2D eigenvalue weighted by Gasteiger charge is -2.21. The lowest BCUT2D eigenvalue weighted by molar-refractivity contribution is 0.0925. The summed E-state index contributed by atoms with van der Waals surface area (Å²) < 4.78 is 0.968. The molecule has 1 aromatic rings. The summed E-state index contributed by atoms with van der Waals surface area (Å²) in [7, 11) is 0. The highest BCUT2D eigenvalue weighted by molar-refractivity contribution is 9.10. The number of hydrogen-bond acceptors (Lipinski definition) is 1. The zero-order valence-electron chi connectivity index (χ0n) is 10.0. The number of nitrogens with one attached hydrogen (secondary N) is 1. The topological polar surface area (TPSA) is 29.1 Å². The van der Waals surface area contributed by atoms with Crippen LogP contribution in [0, 0.1) is 5.92 Å². The molecule has 0 aliphatic heterocycles. The number of carbonyl (C=O) groups is 1. The third kappa shape index (κ3) is 4.68.